The van der Waals surface area contributed by atoms with E-state index in [-0.39, 0.29) is 0 Å². The van der Waals surface area contributed by atoms with E-state index >= 15 is 0 Å². The fourth-order valence-electron chi connectivity index (χ4n) is 3.47. The Bertz CT molecular complexity index is 630. The first-order valence-electron chi connectivity index (χ1n) is 7.34. The molecule has 2 fully saturated rings. The van der Waals surface area contributed by atoms with E-state index in [4.69, 9.17) is 9.72 Å². The molecule has 4 heteroatoms. The standard InChI is InChI=1S/C16H19N3O/c1-20-13-6-3-2-5-11(13)9-14-17-15(19-18-14)12-10-16(12)7-4-8-16/h2-3,5-6,12H,4,7-10H2,1H3,(H,17,18,19). The van der Waals surface area contributed by atoms with Crippen molar-refractivity contribution in [1.82, 2.24) is 15.2 Å². The summed E-state index contributed by atoms with van der Waals surface area (Å²) in [6.45, 7) is 0. The third-order valence-electron chi connectivity index (χ3n) is 4.95. The van der Waals surface area contributed by atoms with Gasteiger partial charge in [-0.1, -0.05) is 24.6 Å². The van der Waals surface area contributed by atoms with Gasteiger partial charge in [0.15, 0.2) is 5.82 Å². The minimum absolute atomic E-state index is 0.587. The minimum Gasteiger partial charge on any atom is -0.496 e. The Morgan fingerprint density at radius 2 is 2.20 bits per heavy atom. The zero-order valence-electron chi connectivity index (χ0n) is 11.7. The Morgan fingerprint density at radius 3 is 2.90 bits per heavy atom. The fraction of sp³-hybridized carbons (Fsp3) is 0.500. The van der Waals surface area contributed by atoms with Crippen LogP contribution in [0.1, 0.15) is 48.8 Å². The highest BCUT2D eigenvalue weighted by molar-refractivity contribution is 5.35. The summed E-state index contributed by atoms with van der Waals surface area (Å²) in [6, 6.07) is 8.07. The molecule has 1 spiro atoms. The zero-order valence-corrected chi connectivity index (χ0v) is 11.7. The summed E-state index contributed by atoms with van der Waals surface area (Å²) in [5.41, 5.74) is 1.73. The molecule has 0 saturated heterocycles. The second-order valence-corrected chi connectivity index (χ2v) is 6.10. The van der Waals surface area contributed by atoms with Gasteiger partial charge < -0.3 is 4.74 Å². The van der Waals surface area contributed by atoms with Crippen LogP contribution in [0.15, 0.2) is 24.3 Å². The molecule has 0 aliphatic heterocycles. The maximum atomic E-state index is 5.38. The van der Waals surface area contributed by atoms with Gasteiger partial charge in [0.05, 0.1) is 7.11 Å². The first kappa shape index (κ1) is 11.9. The largest absolute Gasteiger partial charge is 0.496 e. The lowest BCUT2D eigenvalue weighted by Gasteiger charge is -2.25. The quantitative estimate of drug-likeness (QED) is 0.928. The molecule has 1 aromatic carbocycles. The van der Waals surface area contributed by atoms with E-state index in [2.05, 4.69) is 16.3 Å². The molecule has 1 unspecified atom stereocenters. The number of nitrogens with zero attached hydrogens (tertiary/aromatic N) is 2. The van der Waals surface area contributed by atoms with Crippen molar-refractivity contribution in [2.45, 2.75) is 38.0 Å². The van der Waals surface area contributed by atoms with Gasteiger partial charge in [-0.15, -0.1) is 0 Å². The number of rotatable bonds is 4. The smallest absolute Gasteiger partial charge is 0.154 e. The molecule has 1 atom stereocenters. The van der Waals surface area contributed by atoms with Gasteiger partial charge in [-0.3, -0.25) is 5.10 Å². The van der Waals surface area contributed by atoms with Crippen molar-refractivity contribution in [2.75, 3.05) is 7.11 Å². The molecule has 104 valence electrons. The van der Waals surface area contributed by atoms with Crippen LogP contribution in [0.4, 0.5) is 0 Å². The highest BCUT2D eigenvalue weighted by Gasteiger charge is 2.59. The van der Waals surface area contributed by atoms with Gasteiger partial charge in [0.25, 0.3) is 0 Å². The first-order chi connectivity index (χ1) is 9.81. The van der Waals surface area contributed by atoms with Gasteiger partial charge in [-0.25, -0.2) is 4.98 Å². The van der Waals surface area contributed by atoms with Gasteiger partial charge in [-0.2, -0.15) is 5.10 Å². The molecule has 2 saturated carbocycles. The molecule has 2 aromatic rings. The molecule has 4 nitrogen and oxygen atoms in total. The number of nitrogens with one attached hydrogen (secondary N) is 1. The lowest BCUT2D eigenvalue weighted by atomic mass is 9.80. The normalized spacial score (nSPS) is 22.6. The van der Waals surface area contributed by atoms with E-state index in [0.717, 1.165) is 29.4 Å². The molecule has 1 aromatic heterocycles. The number of para-hydroxylation sites is 1. The first-order valence-corrected chi connectivity index (χ1v) is 7.34. The van der Waals surface area contributed by atoms with Crippen LogP contribution in [0.3, 0.4) is 0 Å². The number of benzene rings is 1. The average molecular weight is 269 g/mol. The number of aromatic amines is 1. The Hall–Kier alpha value is -1.84. The van der Waals surface area contributed by atoms with Crippen molar-refractivity contribution in [3.63, 3.8) is 0 Å². The van der Waals surface area contributed by atoms with E-state index in [0.29, 0.717) is 11.3 Å². The van der Waals surface area contributed by atoms with E-state index in [1.54, 1.807) is 7.11 Å². The number of methoxy groups -OCH3 is 1. The number of aromatic nitrogens is 3. The molecular formula is C16H19N3O. The second kappa shape index (κ2) is 4.33. The SMILES string of the molecule is COc1ccccc1Cc1nc(C2CC23CCC3)n[nH]1. The fourth-order valence-corrected chi connectivity index (χ4v) is 3.47. The molecule has 0 bridgehead atoms. The maximum Gasteiger partial charge on any atom is 0.154 e. The van der Waals surface area contributed by atoms with Crippen LogP contribution in [0.5, 0.6) is 5.75 Å². The molecular weight excluding hydrogens is 250 g/mol. The Morgan fingerprint density at radius 1 is 1.35 bits per heavy atom. The third-order valence-corrected chi connectivity index (χ3v) is 4.95. The van der Waals surface area contributed by atoms with Gasteiger partial charge in [0.2, 0.25) is 0 Å². The van der Waals surface area contributed by atoms with Crippen molar-refractivity contribution in [2.24, 2.45) is 5.41 Å². The van der Waals surface area contributed by atoms with Gasteiger partial charge >= 0.3 is 0 Å². The molecule has 1 heterocycles. The predicted molar refractivity (Wildman–Crippen MR) is 75.8 cm³/mol. The summed E-state index contributed by atoms with van der Waals surface area (Å²) in [7, 11) is 1.70. The summed E-state index contributed by atoms with van der Waals surface area (Å²) < 4.78 is 5.38. The topological polar surface area (TPSA) is 50.8 Å². The summed E-state index contributed by atoms with van der Waals surface area (Å²) in [5.74, 6) is 3.48. The molecule has 1 N–H and O–H groups in total. The lowest BCUT2D eigenvalue weighted by Crippen LogP contribution is -2.14. The van der Waals surface area contributed by atoms with E-state index in [1.807, 2.05) is 18.2 Å². The van der Waals surface area contributed by atoms with E-state index in [9.17, 15) is 0 Å². The predicted octanol–water partition coefficient (Wildman–Crippen LogP) is 3.06. The highest BCUT2D eigenvalue weighted by Crippen LogP contribution is 2.69. The van der Waals surface area contributed by atoms with Gasteiger partial charge in [0.1, 0.15) is 11.6 Å². The van der Waals surface area contributed by atoms with Crippen LogP contribution in [0.2, 0.25) is 0 Å². The summed E-state index contributed by atoms with van der Waals surface area (Å²) in [4.78, 5) is 4.70. The molecule has 4 rings (SSSR count). The lowest BCUT2D eigenvalue weighted by molar-refractivity contribution is 0.275. The van der Waals surface area contributed by atoms with Crippen LogP contribution in [-0.4, -0.2) is 22.3 Å². The maximum absolute atomic E-state index is 5.38. The van der Waals surface area contributed by atoms with Crippen LogP contribution < -0.4 is 4.74 Å². The zero-order chi connectivity index (χ0) is 13.6. The van der Waals surface area contributed by atoms with Crippen LogP contribution in [0, 0.1) is 5.41 Å². The van der Waals surface area contributed by atoms with Crippen molar-refractivity contribution in [3.05, 3.63) is 41.5 Å². The van der Waals surface area contributed by atoms with Crippen LogP contribution in [-0.2, 0) is 6.42 Å². The number of H-pyrrole nitrogens is 1. The van der Waals surface area contributed by atoms with Crippen molar-refractivity contribution in [3.8, 4) is 5.75 Å². The van der Waals surface area contributed by atoms with Crippen molar-refractivity contribution >= 4 is 0 Å². The molecule has 2 aliphatic carbocycles. The van der Waals surface area contributed by atoms with Crippen molar-refractivity contribution in [1.29, 1.82) is 0 Å². The van der Waals surface area contributed by atoms with Gasteiger partial charge in [-0.05, 0) is 30.7 Å². The average Bonchev–Trinajstić information content (AvgIpc) is 3.06. The van der Waals surface area contributed by atoms with E-state index in [1.165, 1.54) is 25.7 Å². The van der Waals surface area contributed by atoms with Crippen LogP contribution >= 0.6 is 0 Å². The highest BCUT2D eigenvalue weighted by atomic mass is 16.5. The summed E-state index contributed by atoms with van der Waals surface area (Å²) in [5, 5.41) is 7.53. The van der Waals surface area contributed by atoms with E-state index < -0.39 is 0 Å². The monoisotopic (exact) mass is 269 g/mol. The molecule has 20 heavy (non-hydrogen) atoms. The summed E-state index contributed by atoms with van der Waals surface area (Å²) >= 11 is 0. The number of hydrogen-bond donors (Lipinski definition) is 1. The third kappa shape index (κ3) is 1.82. The van der Waals surface area contributed by atoms with Gasteiger partial charge in [0, 0.05) is 17.9 Å². The molecule has 0 radical (unpaired) electrons. The molecule has 0 amide bonds. The second-order valence-electron chi connectivity index (χ2n) is 6.10. The minimum atomic E-state index is 0.587. The Balaban J connectivity index is 1.51. The number of ether oxygens (including phenoxy) is 1. The van der Waals surface area contributed by atoms with Crippen molar-refractivity contribution < 1.29 is 4.74 Å². The van der Waals surface area contributed by atoms with Crippen LogP contribution in [0.25, 0.3) is 0 Å². The molecule has 2 aliphatic rings. The summed E-state index contributed by atoms with van der Waals surface area (Å²) in [6.07, 6.45) is 6.16. The Kier molecular flexibility index (Phi) is 2.59. The number of hydrogen-bond acceptors (Lipinski definition) is 3. The Labute approximate surface area is 118 Å².